The van der Waals surface area contributed by atoms with E-state index in [1.54, 1.807) is 12.1 Å². The molecule has 2 aromatic rings. The van der Waals surface area contributed by atoms with E-state index >= 15 is 0 Å². The molecule has 0 fully saturated rings. The Morgan fingerprint density at radius 1 is 1.10 bits per heavy atom. The summed E-state index contributed by atoms with van der Waals surface area (Å²) in [7, 11) is 0. The van der Waals surface area contributed by atoms with Crippen LogP contribution in [0.4, 0.5) is 4.39 Å². The minimum absolute atomic E-state index is 0.0159. The fourth-order valence-electron chi connectivity index (χ4n) is 2.17. The number of rotatable bonds is 5. The van der Waals surface area contributed by atoms with Crippen LogP contribution in [0.15, 0.2) is 46.9 Å². The highest BCUT2D eigenvalue weighted by Gasteiger charge is 2.14. The van der Waals surface area contributed by atoms with E-state index in [0.717, 1.165) is 10.0 Å². The molecule has 0 radical (unpaired) electrons. The minimum atomic E-state index is -0.386. The van der Waals surface area contributed by atoms with E-state index in [1.807, 2.05) is 24.3 Å². The van der Waals surface area contributed by atoms with Crippen LogP contribution < -0.4 is 0 Å². The maximum atomic E-state index is 13.9. The third-order valence-corrected chi connectivity index (χ3v) is 4.06. The predicted octanol–water partition coefficient (Wildman–Crippen LogP) is 4.64. The Kier molecular flexibility index (Phi) is 5.58. The van der Waals surface area contributed by atoms with Crippen molar-refractivity contribution in [3.8, 4) is 0 Å². The van der Waals surface area contributed by atoms with Crippen LogP contribution in [-0.2, 0) is 12.8 Å². The molecule has 0 spiro atoms. The van der Waals surface area contributed by atoms with Gasteiger partial charge in [0.05, 0.1) is 5.02 Å². The van der Waals surface area contributed by atoms with Crippen LogP contribution in [-0.4, -0.2) is 11.7 Å². The van der Waals surface area contributed by atoms with Crippen LogP contribution in [0.25, 0.3) is 0 Å². The molecule has 1 unspecified atom stereocenters. The number of halogens is 3. The van der Waals surface area contributed by atoms with Crippen LogP contribution in [0.3, 0.4) is 0 Å². The Hall–Kier alpha value is -0.900. The summed E-state index contributed by atoms with van der Waals surface area (Å²) in [5.74, 6) is -0.410. The highest BCUT2D eigenvalue weighted by molar-refractivity contribution is 9.10. The molecule has 0 saturated heterocycles. The van der Waals surface area contributed by atoms with Crippen molar-refractivity contribution in [1.29, 1.82) is 0 Å². The molecular weight excluding hydrogens is 343 g/mol. The van der Waals surface area contributed by atoms with Crippen molar-refractivity contribution >= 4 is 27.5 Å². The summed E-state index contributed by atoms with van der Waals surface area (Å²) < 4.78 is 14.9. The lowest BCUT2D eigenvalue weighted by molar-refractivity contribution is 0.224. The summed E-state index contributed by atoms with van der Waals surface area (Å²) in [6, 6.07) is 12.9. The first-order valence-corrected chi connectivity index (χ1v) is 7.55. The van der Waals surface area contributed by atoms with Crippen LogP contribution >= 0.6 is 27.5 Å². The molecule has 20 heavy (non-hydrogen) atoms. The van der Waals surface area contributed by atoms with E-state index < -0.39 is 0 Å². The second-order valence-corrected chi connectivity index (χ2v) is 6.12. The van der Waals surface area contributed by atoms with Crippen molar-refractivity contribution in [3.63, 3.8) is 0 Å². The highest BCUT2D eigenvalue weighted by atomic mass is 79.9. The van der Waals surface area contributed by atoms with Gasteiger partial charge in [0.15, 0.2) is 0 Å². The zero-order valence-electron chi connectivity index (χ0n) is 10.8. The summed E-state index contributed by atoms with van der Waals surface area (Å²) >= 11 is 9.16. The van der Waals surface area contributed by atoms with E-state index in [4.69, 9.17) is 11.6 Å². The van der Waals surface area contributed by atoms with Crippen LogP contribution in [0, 0.1) is 11.7 Å². The second-order valence-electron chi connectivity index (χ2n) is 4.80. The van der Waals surface area contributed by atoms with E-state index in [1.165, 1.54) is 6.07 Å². The van der Waals surface area contributed by atoms with Crippen molar-refractivity contribution in [1.82, 2.24) is 0 Å². The number of hydrogen-bond donors (Lipinski definition) is 1. The zero-order valence-corrected chi connectivity index (χ0v) is 13.2. The third kappa shape index (κ3) is 4.05. The molecule has 0 aliphatic rings. The monoisotopic (exact) mass is 356 g/mol. The predicted molar refractivity (Wildman–Crippen MR) is 83.5 cm³/mol. The summed E-state index contributed by atoms with van der Waals surface area (Å²) in [6.07, 6.45) is 1.18. The molecule has 0 amide bonds. The first kappa shape index (κ1) is 15.5. The van der Waals surface area contributed by atoms with Crippen LogP contribution in [0.2, 0.25) is 5.02 Å². The molecule has 0 heterocycles. The number of hydrogen-bond acceptors (Lipinski definition) is 1. The lowest BCUT2D eigenvalue weighted by Crippen LogP contribution is -2.14. The summed E-state index contributed by atoms with van der Waals surface area (Å²) in [6.45, 7) is 0.0159. The normalized spacial score (nSPS) is 12.4. The van der Waals surface area contributed by atoms with Crippen molar-refractivity contribution in [3.05, 3.63) is 68.9 Å². The molecule has 0 saturated carbocycles. The molecular formula is C16H15BrClFO. The highest BCUT2D eigenvalue weighted by Crippen LogP contribution is 2.22. The first-order valence-electron chi connectivity index (χ1n) is 6.38. The molecule has 0 aromatic heterocycles. The second kappa shape index (κ2) is 7.21. The standard InChI is InChI=1S/C16H15BrClFO/c17-14-6-4-11(5-7-14)8-12(10-20)9-13-2-1-3-15(18)16(13)19/h1-7,12,20H,8-10H2. The maximum Gasteiger partial charge on any atom is 0.144 e. The third-order valence-electron chi connectivity index (χ3n) is 3.24. The van der Waals surface area contributed by atoms with E-state index in [0.29, 0.717) is 18.4 Å². The molecule has 0 aliphatic carbocycles. The average molecular weight is 358 g/mol. The fourth-order valence-corrected chi connectivity index (χ4v) is 2.63. The molecule has 1 nitrogen and oxygen atoms in total. The minimum Gasteiger partial charge on any atom is -0.396 e. The van der Waals surface area contributed by atoms with Crippen molar-refractivity contribution in [2.75, 3.05) is 6.61 Å². The Morgan fingerprint density at radius 3 is 2.45 bits per heavy atom. The smallest absolute Gasteiger partial charge is 0.144 e. The molecule has 1 atom stereocenters. The van der Waals surface area contributed by atoms with Gasteiger partial charge in [-0.1, -0.05) is 51.8 Å². The van der Waals surface area contributed by atoms with E-state index in [9.17, 15) is 9.50 Å². The van der Waals surface area contributed by atoms with Gasteiger partial charge >= 0.3 is 0 Å². The molecule has 0 bridgehead atoms. The van der Waals surface area contributed by atoms with E-state index in [2.05, 4.69) is 15.9 Å². The van der Waals surface area contributed by atoms with Gasteiger partial charge < -0.3 is 5.11 Å². The molecule has 4 heteroatoms. The van der Waals surface area contributed by atoms with Crippen molar-refractivity contribution < 1.29 is 9.50 Å². The van der Waals surface area contributed by atoms with Gasteiger partial charge in [-0.2, -0.15) is 0 Å². The topological polar surface area (TPSA) is 20.2 Å². The van der Waals surface area contributed by atoms with Gasteiger partial charge in [-0.05, 0) is 48.1 Å². The number of aliphatic hydroxyl groups excluding tert-OH is 1. The largest absolute Gasteiger partial charge is 0.396 e. The van der Waals surface area contributed by atoms with Crippen molar-refractivity contribution in [2.45, 2.75) is 12.8 Å². The molecule has 2 aromatic carbocycles. The van der Waals surface area contributed by atoms with E-state index in [-0.39, 0.29) is 23.4 Å². The average Bonchev–Trinajstić information content (AvgIpc) is 2.45. The lowest BCUT2D eigenvalue weighted by atomic mass is 9.93. The molecule has 2 rings (SSSR count). The van der Waals surface area contributed by atoms with Crippen molar-refractivity contribution in [2.24, 2.45) is 5.92 Å². The Bertz CT molecular complexity index is 571. The van der Waals surface area contributed by atoms with Gasteiger partial charge in [0.2, 0.25) is 0 Å². The number of aliphatic hydroxyl groups is 1. The Balaban J connectivity index is 2.09. The number of benzene rings is 2. The van der Waals surface area contributed by atoms with Crippen LogP contribution in [0.5, 0.6) is 0 Å². The van der Waals surface area contributed by atoms with Gasteiger partial charge in [-0.3, -0.25) is 0 Å². The van der Waals surface area contributed by atoms with Crippen LogP contribution in [0.1, 0.15) is 11.1 Å². The van der Waals surface area contributed by atoms with Gasteiger partial charge in [-0.25, -0.2) is 4.39 Å². The van der Waals surface area contributed by atoms with Gasteiger partial charge in [0.25, 0.3) is 0 Å². The molecule has 106 valence electrons. The van der Waals surface area contributed by atoms with Gasteiger partial charge in [0.1, 0.15) is 5.82 Å². The SMILES string of the molecule is OCC(Cc1ccc(Br)cc1)Cc1cccc(Cl)c1F. The quantitative estimate of drug-likeness (QED) is 0.827. The van der Waals surface area contributed by atoms with Gasteiger partial charge in [-0.15, -0.1) is 0 Å². The molecule has 1 N–H and O–H groups in total. The lowest BCUT2D eigenvalue weighted by Gasteiger charge is -2.15. The summed E-state index contributed by atoms with van der Waals surface area (Å²) in [5, 5.41) is 9.63. The first-order chi connectivity index (χ1) is 9.60. The summed E-state index contributed by atoms with van der Waals surface area (Å²) in [4.78, 5) is 0. The summed E-state index contributed by atoms with van der Waals surface area (Å²) in [5.41, 5.74) is 1.67. The molecule has 0 aliphatic heterocycles. The Morgan fingerprint density at radius 2 is 1.80 bits per heavy atom. The zero-order chi connectivity index (χ0) is 14.5. The fraction of sp³-hybridized carbons (Fsp3) is 0.250. The maximum absolute atomic E-state index is 13.9. The van der Waals surface area contributed by atoms with Gasteiger partial charge in [0, 0.05) is 11.1 Å². The Labute approximate surface area is 131 Å².